The third-order valence-corrected chi connectivity index (χ3v) is 2.27. The Balaban J connectivity index is 3.08. The van der Waals surface area contributed by atoms with Crippen LogP contribution in [0, 0.1) is 0 Å². The van der Waals surface area contributed by atoms with Gasteiger partial charge in [0.25, 0.3) is 5.91 Å². The maximum Gasteiger partial charge on any atom is 0.330 e. The standard InChI is InChI=1S/C13H15NO4/c1-14-13(16)10-6-9(4-5-12(15)18-3)7-11(8-10)17-2/h4-8H,1-3H3,(H,14,16). The van der Waals surface area contributed by atoms with Gasteiger partial charge in [0.1, 0.15) is 5.75 Å². The highest BCUT2D eigenvalue weighted by Crippen LogP contribution is 2.18. The van der Waals surface area contributed by atoms with Crippen molar-refractivity contribution in [1.82, 2.24) is 5.32 Å². The van der Waals surface area contributed by atoms with Crippen LogP contribution in [0.15, 0.2) is 24.3 Å². The van der Waals surface area contributed by atoms with Gasteiger partial charge >= 0.3 is 5.97 Å². The Hall–Kier alpha value is -2.30. The molecular weight excluding hydrogens is 234 g/mol. The molecule has 96 valence electrons. The fraction of sp³-hybridized carbons (Fsp3) is 0.231. The van der Waals surface area contributed by atoms with Crippen LogP contribution in [0.3, 0.4) is 0 Å². The molecule has 1 aromatic carbocycles. The van der Waals surface area contributed by atoms with Gasteiger partial charge in [-0.15, -0.1) is 0 Å². The van der Waals surface area contributed by atoms with Gasteiger partial charge in [0.2, 0.25) is 0 Å². The van der Waals surface area contributed by atoms with E-state index < -0.39 is 5.97 Å². The van der Waals surface area contributed by atoms with Gasteiger partial charge in [-0.3, -0.25) is 4.79 Å². The fourth-order valence-electron chi connectivity index (χ4n) is 1.34. The topological polar surface area (TPSA) is 64.6 Å². The van der Waals surface area contributed by atoms with E-state index in [4.69, 9.17) is 4.74 Å². The van der Waals surface area contributed by atoms with Crippen molar-refractivity contribution < 1.29 is 19.1 Å². The summed E-state index contributed by atoms with van der Waals surface area (Å²) in [5, 5.41) is 2.53. The molecule has 0 saturated heterocycles. The van der Waals surface area contributed by atoms with Crippen LogP contribution in [0.5, 0.6) is 5.75 Å². The smallest absolute Gasteiger partial charge is 0.330 e. The molecule has 1 aromatic rings. The molecule has 0 atom stereocenters. The second kappa shape index (κ2) is 6.44. The minimum absolute atomic E-state index is 0.221. The normalized spacial score (nSPS) is 10.2. The van der Waals surface area contributed by atoms with E-state index >= 15 is 0 Å². The second-order valence-electron chi connectivity index (χ2n) is 3.43. The van der Waals surface area contributed by atoms with Crippen molar-refractivity contribution in [3.05, 3.63) is 35.4 Å². The van der Waals surface area contributed by atoms with Gasteiger partial charge in [-0.1, -0.05) is 0 Å². The second-order valence-corrected chi connectivity index (χ2v) is 3.43. The number of nitrogens with one attached hydrogen (secondary N) is 1. The average Bonchev–Trinajstić information content (AvgIpc) is 2.43. The minimum atomic E-state index is -0.459. The van der Waals surface area contributed by atoms with Crippen LogP contribution in [0.2, 0.25) is 0 Å². The number of hydrogen-bond acceptors (Lipinski definition) is 4. The Morgan fingerprint density at radius 2 is 1.94 bits per heavy atom. The first-order valence-electron chi connectivity index (χ1n) is 5.28. The molecule has 0 spiro atoms. The van der Waals surface area contributed by atoms with Gasteiger partial charge in [0.15, 0.2) is 0 Å². The first-order chi connectivity index (χ1) is 8.60. The van der Waals surface area contributed by atoms with Gasteiger partial charge < -0.3 is 14.8 Å². The van der Waals surface area contributed by atoms with Crippen LogP contribution < -0.4 is 10.1 Å². The van der Waals surface area contributed by atoms with Crippen LogP contribution in [0.25, 0.3) is 6.08 Å². The molecule has 0 aliphatic heterocycles. The molecule has 0 fully saturated rings. The van der Waals surface area contributed by atoms with Gasteiger partial charge in [-0.2, -0.15) is 0 Å². The molecule has 0 bridgehead atoms. The van der Waals surface area contributed by atoms with Crippen molar-refractivity contribution in [2.45, 2.75) is 0 Å². The van der Waals surface area contributed by atoms with E-state index in [9.17, 15) is 9.59 Å². The van der Waals surface area contributed by atoms with E-state index in [1.54, 1.807) is 31.3 Å². The summed E-state index contributed by atoms with van der Waals surface area (Å²) in [6, 6.07) is 4.99. The predicted octanol–water partition coefficient (Wildman–Crippen LogP) is 1.24. The third kappa shape index (κ3) is 3.62. The van der Waals surface area contributed by atoms with Gasteiger partial charge in [0.05, 0.1) is 14.2 Å². The Morgan fingerprint density at radius 1 is 1.22 bits per heavy atom. The molecule has 0 saturated carbocycles. The van der Waals surface area contributed by atoms with Gasteiger partial charge in [0, 0.05) is 18.7 Å². The number of carbonyl (C=O) groups is 2. The maximum atomic E-state index is 11.5. The Labute approximate surface area is 105 Å². The molecule has 18 heavy (non-hydrogen) atoms. The van der Waals surface area contributed by atoms with Crippen LogP contribution in [0.4, 0.5) is 0 Å². The molecule has 0 aliphatic carbocycles. The van der Waals surface area contributed by atoms with Gasteiger partial charge in [-0.05, 0) is 29.8 Å². The third-order valence-electron chi connectivity index (χ3n) is 2.27. The molecule has 5 nitrogen and oxygen atoms in total. The van der Waals surface area contributed by atoms with Crippen LogP contribution in [-0.4, -0.2) is 33.1 Å². The highest BCUT2D eigenvalue weighted by atomic mass is 16.5. The maximum absolute atomic E-state index is 11.5. The Kier molecular flexibility index (Phi) is 4.92. The molecule has 0 radical (unpaired) electrons. The molecule has 5 heteroatoms. The Morgan fingerprint density at radius 3 is 2.50 bits per heavy atom. The summed E-state index contributed by atoms with van der Waals surface area (Å²) in [4.78, 5) is 22.5. The SMILES string of the molecule is CNC(=O)c1cc(C=CC(=O)OC)cc(OC)c1. The van der Waals surface area contributed by atoms with Crippen LogP contribution in [0.1, 0.15) is 15.9 Å². The number of esters is 1. The number of benzene rings is 1. The molecule has 0 aromatic heterocycles. The zero-order chi connectivity index (χ0) is 13.5. The van der Waals surface area contributed by atoms with Crippen molar-refractivity contribution in [2.24, 2.45) is 0 Å². The summed E-state index contributed by atoms with van der Waals surface area (Å²) in [5.74, 6) is -0.137. The Bertz CT molecular complexity index is 480. The molecule has 0 aliphatic rings. The molecule has 0 heterocycles. The van der Waals surface area contributed by atoms with Crippen molar-refractivity contribution >= 4 is 18.0 Å². The van der Waals surface area contributed by atoms with Gasteiger partial charge in [-0.25, -0.2) is 4.79 Å². The molecular formula is C13H15NO4. The van der Waals surface area contributed by atoms with E-state index in [1.807, 2.05) is 0 Å². The highest BCUT2D eigenvalue weighted by Gasteiger charge is 2.06. The first kappa shape index (κ1) is 13.8. The van der Waals surface area contributed by atoms with E-state index in [0.29, 0.717) is 16.9 Å². The lowest BCUT2D eigenvalue weighted by atomic mass is 10.1. The number of methoxy groups -OCH3 is 2. The van der Waals surface area contributed by atoms with E-state index in [2.05, 4.69) is 10.1 Å². The zero-order valence-electron chi connectivity index (χ0n) is 10.5. The lowest BCUT2D eigenvalue weighted by Gasteiger charge is -2.05. The van der Waals surface area contributed by atoms with Crippen LogP contribution in [-0.2, 0) is 9.53 Å². The fourth-order valence-corrected chi connectivity index (χ4v) is 1.34. The molecule has 1 amide bonds. The van der Waals surface area contributed by atoms with E-state index in [-0.39, 0.29) is 5.91 Å². The summed E-state index contributed by atoms with van der Waals surface area (Å²) in [6.07, 6.45) is 2.84. The summed E-state index contributed by atoms with van der Waals surface area (Å²) in [6.45, 7) is 0. The largest absolute Gasteiger partial charge is 0.497 e. The van der Waals surface area contributed by atoms with Crippen molar-refractivity contribution in [2.75, 3.05) is 21.3 Å². The summed E-state index contributed by atoms with van der Waals surface area (Å²) >= 11 is 0. The zero-order valence-corrected chi connectivity index (χ0v) is 10.5. The average molecular weight is 249 g/mol. The molecule has 1 rings (SSSR count). The van der Waals surface area contributed by atoms with Crippen molar-refractivity contribution in [3.63, 3.8) is 0 Å². The number of hydrogen-bond donors (Lipinski definition) is 1. The predicted molar refractivity (Wildman–Crippen MR) is 67.4 cm³/mol. The summed E-state index contributed by atoms with van der Waals surface area (Å²) in [7, 11) is 4.36. The van der Waals surface area contributed by atoms with Crippen molar-refractivity contribution in [1.29, 1.82) is 0 Å². The number of carbonyl (C=O) groups excluding carboxylic acids is 2. The monoisotopic (exact) mass is 249 g/mol. The lowest BCUT2D eigenvalue weighted by Crippen LogP contribution is -2.17. The van der Waals surface area contributed by atoms with E-state index in [1.165, 1.54) is 20.3 Å². The number of ether oxygens (including phenoxy) is 2. The quantitative estimate of drug-likeness (QED) is 0.644. The summed E-state index contributed by atoms with van der Waals surface area (Å²) < 4.78 is 9.58. The first-order valence-corrected chi connectivity index (χ1v) is 5.28. The summed E-state index contributed by atoms with van der Waals surface area (Å²) in [5.41, 5.74) is 1.14. The van der Waals surface area contributed by atoms with Crippen molar-refractivity contribution in [3.8, 4) is 5.75 Å². The number of rotatable bonds is 4. The minimum Gasteiger partial charge on any atom is -0.497 e. The number of amides is 1. The van der Waals surface area contributed by atoms with Crippen LogP contribution >= 0.6 is 0 Å². The highest BCUT2D eigenvalue weighted by molar-refractivity contribution is 5.95. The lowest BCUT2D eigenvalue weighted by molar-refractivity contribution is -0.134. The molecule has 1 N–H and O–H groups in total. The van der Waals surface area contributed by atoms with E-state index in [0.717, 1.165) is 0 Å². The molecule has 0 unspecified atom stereocenters.